The van der Waals surface area contributed by atoms with Crippen LogP contribution < -0.4 is 4.90 Å². The van der Waals surface area contributed by atoms with E-state index >= 15 is 0 Å². The Morgan fingerprint density at radius 2 is 1.95 bits per heavy atom. The summed E-state index contributed by atoms with van der Waals surface area (Å²) >= 11 is 0. The number of aryl methyl sites for hydroxylation is 1. The SMILES string of the molecule is Cc1nnc2ccc(N3CCC(N4CCCC4=O)CC3)nn12. The van der Waals surface area contributed by atoms with Crippen LogP contribution in [0.2, 0.25) is 0 Å². The first-order valence-corrected chi connectivity index (χ1v) is 7.96. The Kier molecular flexibility index (Phi) is 3.20. The van der Waals surface area contributed by atoms with Crippen molar-refractivity contribution in [3.05, 3.63) is 18.0 Å². The minimum absolute atomic E-state index is 0.332. The van der Waals surface area contributed by atoms with Gasteiger partial charge in [-0.15, -0.1) is 15.3 Å². The average Bonchev–Trinajstić information content (AvgIpc) is 3.14. The summed E-state index contributed by atoms with van der Waals surface area (Å²) in [5, 5.41) is 12.7. The Bertz CT molecular complexity index is 703. The summed E-state index contributed by atoms with van der Waals surface area (Å²) in [5.41, 5.74) is 0.777. The molecule has 0 atom stereocenters. The van der Waals surface area contributed by atoms with Gasteiger partial charge >= 0.3 is 0 Å². The van der Waals surface area contributed by atoms with E-state index in [-0.39, 0.29) is 0 Å². The van der Waals surface area contributed by atoms with E-state index in [2.05, 4.69) is 25.1 Å². The molecule has 4 heterocycles. The van der Waals surface area contributed by atoms with Crippen molar-refractivity contribution in [2.45, 2.75) is 38.6 Å². The molecule has 22 heavy (non-hydrogen) atoms. The number of nitrogens with zero attached hydrogens (tertiary/aromatic N) is 6. The fourth-order valence-corrected chi connectivity index (χ4v) is 3.52. The van der Waals surface area contributed by atoms with Crippen LogP contribution in [0.3, 0.4) is 0 Å². The van der Waals surface area contributed by atoms with E-state index in [0.29, 0.717) is 11.9 Å². The van der Waals surface area contributed by atoms with Crippen LogP contribution in [-0.4, -0.2) is 56.3 Å². The van der Waals surface area contributed by atoms with Crippen molar-refractivity contribution in [1.82, 2.24) is 24.7 Å². The zero-order valence-electron chi connectivity index (χ0n) is 12.8. The van der Waals surface area contributed by atoms with E-state index in [1.54, 1.807) is 4.52 Å². The molecule has 2 saturated heterocycles. The zero-order valence-corrected chi connectivity index (χ0v) is 12.8. The highest BCUT2D eigenvalue weighted by atomic mass is 16.2. The number of rotatable bonds is 2. The van der Waals surface area contributed by atoms with E-state index in [4.69, 9.17) is 0 Å². The topological polar surface area (TPSA) is 66.6 Å². The van der Waals surface area contributed by atoms with Crippen molar-refractivity contribution in [3.63, 3.8) is 0 Å². The summed E-state index contributed by atoms with van der Waals surface area (Å²) in [5.74, 6) is 2.09. The second-order valence-electron chi connectivity index (χ2n) is 6.12. The van der Waals surface area contributed by atoms with Crippen LogP contribution in [0.5, 0.6) is 0 Å². The highest BCUT2D eigenvalue weighted by Gasteiger charge is 2.31. The van der Waals surface area contributed by atoms with Crippen LogP contribution in [0.4, 0.5) is 5.82 Å². The Balaban J connectivity index is 1.48. The number of hydrogen-bond acceptors (Lipinski definition) is 5. The third-order valence-electron chi connectivity index (χ3n) is 4.74. The third-order valence-corrected chi connectivity index (χ3v) is 4.74. The van der Waals surface area contributed by atoms with Gasteiger partial charge in [-0.05, 0) is 38.3 Å². The van der Waals surface area contributed by atoms with Gasteiger partial charge in [0, 0.05) is 32.1 Å². The molecule has 2 aromatic heterocycles. The summed E-state index contributed by atoms with van der Waals surface area (Å²) in [6, 6.07) is 4.37. The summed E-state index contributed by atoms with van der Waals surface area (Å²) in [7, 11) is 0. The molecule has 4 rings (SSSR count). The van der Waals surface area contributed by atoms with Gasteiger partial charge in [-0.3, -0.25) is 4.79 Å². The summed E-state index contributed by atoms with van der Waals surface area (Å²) < 4.78 is 1.78. The molecule has 2 aliphatic heterocycles. The van der Waals surface area contributed by atoms with Gasteiger partial charge in [0.1, 0.15) is 5.82 Å². The molecule has 1 amide bonds. The van der Waals surface area contributed by atoms with Crippen LogP contribution in [-0.2, 0) is 4.79 Å². The first-order chi connectivity index (χ1) is 10.7. The third kappa shape index (κ3) is 2.20. The molecule has 7 nitrogen and oxygen atoms in total. The summed E-state index contributed by atoms with van der Waals surface area (Å²) in [6.45, 7) is 4.72. The van der Waals surface area contributed by atoms with E-state index in [1.165, 1.54) is 0 Å². The molecule has 0 aliphatic carbocycles. The second kappa shape index (κ2) is 5.23. The largest absolute Gasteiger partial charge is 0.355 e. The van der Waals surface area contributed by atoms with Gasteiger partial charge < -0.3 is 9.80 Å². The fraction of sp³-hybridized carbons (Fsp3) is 0.600. The van der Waals surface area contributed by atoms with Gasteiger partial charge in [0.15, 0.2) is 11.5 Å². The van der Waals surface area contributed by atoms with Crippen LogP contribution in [0, 0.1) is 6.92 Å². The van der Waals surface area contributed by atoms with Crippen LogP contribution in [0.1, 0.15) is 31.5 Å². The van der Waals surface area contributed by atoms with E-state index in [9.17, 15) is 4.79 Å². The van der Waals surface area contributed by atoms with E-state index in [1.807, 2.05) is 19.1 Å². The number of hydrogen-bond donors (Lipinski definition) is 0. The molecule has 2 aromatic rings. The molecule has 0 aromatic carbocycles. The predicted molar refractivity (Wildman–Crippen MR) is 81.7 cm³/mol. The molecule has 0 N–H and O–H groups in total. The van der Waals surface area contributed by atoms with Crippen molar-refractivity contribution in [3.8, 4) is 0 Å². The molecule has 2 aliphatic rings. The summed E-state index contributed by atoms with van der Waals surface area (Å²) in [4.78, 5) is 16.2. The van der Waals surface area contributed by atoms with Gasteiger partial charge in [-0.2, -0.15) is 4.52 Å². The van der Waals surface area contributed by atoms with Crippen molar-refractivity contribution in [2.24, 2.45) is 0 Å². The molecular formula is C15H20N6O. The van der Waals surface area contributed by atoms with E-state index < -0.39 is 0 Å². The quantitative estimate of drug-likeness (QED) is 0.828. The Morgan fingerprint density at radius 1 is 1.14 bits per heavy atom. The first-order valence-electron chi connectivity index (χ1n) is 7.96. The van der Waals surface area contributed by atoms with Crippen molar-refractivity contribution in [1.29, 1.82) is 0 Å². The molecule has 0 unspecified atom stereocenters. The Hall–Kier alpha value is -2.18. The second-order valence-corrected chi connectivity index (χ2v) is 6.12. The minimum Gasteiger partial charge on any atom is -0.355 e. The number of carbonyl (C=O) groups is 1. The molecule has 0 saturated carbocycles. The van der Waals surface area contributed by atoms with E-state index in [0.717, 1.165) is 62.6 Å². The Morgan fingerprint density at radius 3 is 2.68 bits per heavy atom. The predicted octanol–water partition coefficient (Wildman–Crippen LogP) is 1.02. The molecule has 7 heteroatoms. The van der Waals surface area contributed by atoms with Crippen molar-refractivity contribution < 1.29 is 4.79 Å². The highest BCUT2D eigenvalue weighted by molar-refractivity contribution is 5.78. The monoisotopic (exact) mass is 300 g/mol. The number of anilines is 1. The molecule has 116 valence electrons. The van der Waals surface area contributed by atoms with Crippen molar-refractivity contribution >= 4 is 17.4 Å². The Labute approximate surface area is 128 Å². The number of aromatic nitrogens is 4. The number of carbonyl (C=O) groups excluding carboxylic acids is 1. The van der Waals surface area contributed by atoms with Gasteiger partial charge in [0.25, 0.3) is 0 Å². The van der Waals surface area contributed by atoms with Crippen molar-refractivity contribution in [2.75, 3.05) is 24.5 Å². The first kappa shape index (κ1) is 13.5. The maximum atomic E-state index is 11.9. The normalized spacial score (nSPS) is 20.3. The van der Waals surface area contributed by atoms with Crippen LogP contribution in [0.25, 0.3) is 5.65 Å². The standard InChI is InChI=1S/C15H20N6O/c1-11-16-17-13-4-5-14(18-21(11)13)19-9-6-12(7-10-19)20-8-2-3-15(20)22/h4-5,12H,2-3,6-10H2,1H3. The molecule has 2 fully saturated rings. The highest BCUT2D eigenvalue weighted by Crippen LogP contribution is 2.24. The summed E-state index contributed by atoms with van der Waals surface area (Å²) in [6.07, 6.45) is 3.79. The van der Waals surface area contributed by atoms with Gasteiger partial charge in [-0.1, -0.05) is 0 Å². The lowest BCUT2D eigenvalue weighted by molar-refractivity contribution is -0.130. The fourth-order valence-electron chi connectivity index (χ4n) is 3.52. The van der Waals surface area contributed by atoms with Crippen LogP contribution >= 0.6 is 0 Å². The van der Waals surface area contributed by atoms with Gasteiger partial charge in [0.2, 0.25) is 5.91 Å². The molecule has 0 bridgehead atoms. The smallest absolute Gasteiger partial charge is 0.222 e. The average molecular weight is 300 g/mol. The lowest BCUT2D eigenvalue weighted by Crippen LogP contribution is -2.45. The minimum atomic E-state index is 0.332. The molecule has 0 radical (unpaired) electrons. The maximum absolute atomic E-state index is 11.9. The molecular weight excluding hydrogens is 280 g/mol. The lowest BCUT2D eigenvalue weighted by Gasteiger charge is -2.37. The number of amides is 1. The maximum Gasteiger partial charge on any atom is 0.222 e. The zero-order chi connectivity index (χ0) is 15.1. The van der Waals surface area contributed by atoms with Gasteiger partial charge in [0.05, 0.1) is 0 Å². The number of likely N-dealkylation sites (tertiary alicyclic amines) is 1. The van der Waals surface area contributed by atoms with Crippen LogP contribution in [0.15, 0.2) is 12.1 Å². The van der Waals surface area contributed by atoms with Gasteiger partial charge in [-0.25, -0.2) is 0 Å². The number of fused-ring (bicyclic) bond motifs is 1. The number of piperidine rings is 1. The lowest BCUT2D eigenvalue weighted by atomic mass is 10.0. The molecule has 0 spiro atoms.